The van der Waals surface area contributed by atoms with Crippen molar-refractivity contribution in [1.82, 2.24) is 14.9 Å². The zero-order chi connectivity index (χ0) is 29.6. The summed E-state index contributed by atoms with van der Waals surface area (Å²) in [6.45, 7) is 6.57. The van der Waals surface area contributed by atoms with Gasteiger partial charge >= 0.3 is 12.4 Å². The molecule has 6 nitrogen and oxygen atoms in total. The predicted molar refractivity (Wildman–Crippen MR) is 135 cm³/mol. The number of likely N-dealkylation sites (N-methyl/N-ethyl adjacent to an activating group) is 1. The lowest BCUT2D eigenvalue weighted by Gasteiger charge is -2.38. The smallest absolute Gasteiger partial charge is 0.367 e. The number of nitrogens with zero attached hydrogens (tertiary/aromatic N) is 3. The number of rotatable bonds is 5. The second-order valence-electron chi connectivity index (χ2n) is 11.0. The lowest BCUT2D eigenvalue weighted by atomic mass is 9.80. The molecule has 2 heterocycles. The monoisotopic (exact) mass is 573 g/mol. The lowest BCUT2D eigenvalue weighted by molar-refractivity contribution is -0.189. The normalized spacial score (nSPS) is 23.4. The summed E-state index contributed by atoms with van der Waals surface area (Å²) in [5.41, 5.74) is -3.01. The number of carbonyl (C=O) groups is 1. The van der Waals surface area contributed by atoms with Crippen LogP contribution in [-0.2, 0) is 27.3 Å². The average molecular weight is 574 g/mol. The molecular formula is C28H33F6N3O3. The van der Waals surface area contributed by atoms with Gasteiger partial charge in [-0.05, 0) is 55.7 Å². The van der Waals surface area contributed by atoms with Crippen molar-refractivity contribution in [3.63, 3.8) is 0 Å². The Bertz CT molecular complexity index is 1200. The Balaban J connectivity index is 1.70. The zero-order valence-corrected chi connectivity index (χ0v) is 22.7. The maximum absolute atomic E-state index is 13.9. The highest BCUT2D eigenvalue weighted by molar-refractivity contribution is 5.87. The fraction of sp³-hybridized carbons (Fsp3) is 0.536. The number of aryl methyl sites for hydroxylation is 1. The first kappa shape index (κ1) is 30.3. The number of hydrazine groups is 1. The maximum Gasteiger partial charge on any atom is 0.416 e. The molecule has 2 fully saturated rings. The number of halogens is 6. The molecule has 0 spiro atoms. The van der Waals surface area contributed by atoms with Crippen molar-refractivity contribution in [1.29, 1.82) is 0 Å². The molecule has 3 atom stereocenters. The number of hydrogen-bond acceptors (Lipinski definition) is 5. The number of ether oxygens (including phenoxy) is 1. The molecule has 1 amide bonds. The third kappa shape index (κ3) is 6.14. The molecule has 3 unspecified atom stereocenters. The topological polar surface area (TPSA) is 56.2 Å². The van der Waals surface area contributed by atoms with E-state index in [0.29, 0.717) is 38.4 Å². The maximum atomic E-state index is 13.9. The molecule has 40 heavy (non-hydrogen) atoms. The standard InChI is InChI=1S/C28H33F6N3O3/c1-17-7-5-6-8-21(17)22-14-37(36-9-10-40-24(38)16-36)15-23(22)35(4)25(39)26(2,3)18-11-19(27(29,30)31)13-20(12-18)28(32,33)34/h5-8,11-13,22-24,38H,9-10,14-16H2,1-4H3. The van der Waals surface area contributed by atoms with Gasteiger partial charge in [0.15, 0.2) is 6.29 Å². The molecule has 2 aromatic carbocycles. The summed E-state index contributed by atoms with van der Waals surface area (Å²) in [4.78, 5) is 15.4. The van der Waals surface area contributed by atoms with Crippen LogP contribution in [-0.4, -0.2) is 78.1 Å². The van der Waals surface area contributed by atoms with Gasteiger partial charge in [0, 0.05) is 32.6 Å². The van der Waals surface area contributed by atoms with E-state index in [9.17, 15) is 36.2 Å². The van der Waals surface area contributed by atoms with Gasteiger partial charge in [0.25, 0.3) is 0 Å². The average Bonchev–Trinajstić information content (AvgIpc) is 3.32. The first-order valence-electron chi connectivity index (χ1n) is 12.9. The van der Waals surface area contributed by atoms with Gasteiger partial charge in [0.05, 0.1) is 35.7 Å². The molecule has 2 saturated heterocycles. The van der Waals surface area contributed by atoms with Crippen LogP contribution in [0.15, 0.2) is 42.5 Å². The minimum absolute atomic E-state index is 0.0631. The van der Waals surface area contributed by atoms with Gasteiger partial charge in [-0.15, -0.1) is 0 Å². The molecule has 4 rings (SSSR count). The second-order valence-corrected chi connectivity index (χ2v) is 11.0. The fourth-order valence-electron chi connectivity index (χ4n) is 5.60. The third-order valence-corrected chi connectivity index (χ3v) is 7.95. The molecule has 220 valence electrons. The van der Waals surface area contributed by atoms with E-state index in [4.69, 9.17) is 4.74 Å². The van der Waals surface area contributed by atoms with Crippen LogP contribution in [0.4, 0.5) is 26.3 Å². The van der Waals surface area contributed by atoms with E-state index in [1.165, 1.54) is 25.8 Å². The molecular weight excluding hydrogens is 540 g/mol. The number of morpholine rings is 1. The number of carbonyl (C=O) groups excluding carboxylic acids is 1. The number of amides is 1. The highest BCUT2D eigenvalue weighted by Gasteiger charge is 2.46. The van der Waals surface area contributed by atoms with Crippen molar-refractivity contribution < 1.29 is 41.0 Å². The van der Waals surface area contributed by atoms with E-state index in [1.807, 2.05) is 41.2 Å². The SMILES string of the molecule is Cc1ccccc1C1CN(N2CCOC(O)C2)CC1N(C)C(=O)C(C)(C)c1cc(C(F)(F)F)cc(C(F)(F)F)c1. The molecule has 2 aliphatic rings. The summed E-state index contributed by atoms with van der Waals surface area (Å²) in [7, 11) is 1.54. The second kappa shape index (κ2) is 11.0. The van der Waals surface area contributed by atoms with Crippen LogP contribution in [0.2, 0.25) is 0 Å². The van der Waals surface area contributed by atoms with Crippen LogP contribution < -0.4 is 0 Å². The molecule has 0 radical (unpaired) electrons. The fourth-order valence-corrected chi connectivity index (χ4v) is 5.60. The van der Waals surface area contributed by atoms with Gasteiger partial charge in [-0.25, -0.2) is 10.0 Å². The Morgan fingerprint density at radius 2 is 1.50 bits per heavy atom. The Morgan fingerprint density at radius 3 is 2.05 bits per heavy atom. The van der Waals surface area contributed by atoms with Gasteiger partial charge in [0.2, 0.25) is 5.91 Å². The number of aliphatic hydroxyl groups excluding tert-OH is 1. The van der Waals surface area contributed by atoms with Crippen molar-refractivity contribution in [3.8, 4) is 0 Å². The van der Waals surface area contributed by atoms with E-state index in [2.05, 4.69) is 0 Å². The van der Waals surface area contributed by atoms with Crippen LogP contribution in [0, 0.1) is 6.92 Å². The first-order chi connectivity index (χ1) is 18.5. The van der Waals surface area contributed by atoms with Crippen molar-refractivity contribution >= 4 is 5.91 Å². The zero-order valence-electron chi connectivity index (χ0n) is 22.7. The minimum atomic E-state index is -5.02. The Kier molecular flexibility index (Phi) is 8.30. The quantitative estimate of drug-likeness (QED) is 0.521. The highest BCUT2D eigenvalue weighted by Crippen LogP contribution is 2.41. The summed E-state index contributed by atoms with van der Waals surface area (Å²) in [5, 5.41) is 14.0. The van der Waals surface area contributed by atoms with Gasteiger partial charge < -0.3 is 14.7 Å². The van der Waals surface area contributed by atoms with Gasteiger partial charge in [-0.3, -0.25) is 4.79 Å². The summed E-state index contributed by atoms with van der Waals surface area (Å²) in [6.07, 6.45) is -11.0. The largest absolute Gasteiger partial charge is 0.416 e. The summed E-state index contributed by atoms with van der Waals surface area (Å²) in [5.74, 6) is -0.800. The predicted octanol–water partition coefficient (Wildman–Crippen LogP) is 4.80. The minimum Gasteiger partial charge on any atom is -0.367 e. The van der Waals surface area contributed by atoms with Crippen LogP contribution in [0.3, 0.4) is 0 Å². The Hall–Kier alpha value is -2.67. The van der Waals surface area contributed by atoms with E-state index in [-0.39, 0.29) is 24.1 Å². The van der Waals surface area contributed by atoms with Gasteiger partial charge in [0.1, 0.15) is 0 Å². The number of hydrogen-bond donors (Lipinski definition) is 1. The van der Waals surface area contributed by atoms with E-state index < -0.39 is 47.1 Å². The third-order valence-electron chi connectivity index (χ3n) is 7.95. The van der Waals surface area contributed by atoms with Gasteiger partial charge in [-0.1, -0.05) is 24.3 Å². The van der Waals surface area contributed by atoms with Crippen LogP contribution in [0.5, 0.6) is 0 Å². The highest BCUT2D eigenvalue weighted by atomic mass is 19.4. The van der Waals surface area contributed by atoms with Crippen molar-refractivity contribution in [2.24, 2.45) is 0 Å². The Labute approximate surface area is 229 Å². The van der Waals surface area contributed by atoms with Crippen molar-refractivity contribution in [2.45, 2.75) is 56.8 Å². The molecule has 0 saturated carbocycles. The molecule has 0 aromatic heterocycles. The number of alkyl halides is 6. The molecule has 1 N–H and O–H groups in total. The summed E-state index contributed by atoms with van der Waals surface area (Å²) >= 11 is 0. The molecule has 0 aliphatic carbocycles. The summed E-state index contributed by atoms with van der Waals surface area (Å²) < 4.78 is 86.6. The van der Waals surface area contributed by atoms with Crippen LogP contribution in [0.25, 0.3) is 0 Å². The Morgan fingerprint density at radius 1 is 0.925 bits per heavy atom. The molecule has 0 bridgehead atoms. The van der Waals surface area contributed by atoms with E-state index >= 15 is 0 Å². The number of benzene rings is 2. The van der Waals surface area contributed by atoms with Crippen molar-refractivity contribution in [3.05, 3.63) is 70.3 Å². The van der Waals surface area contributed by atoms with Crippen molar-refractivity contribution in [2.75, 3.05) is 39.8 Å². The van der Waals surface area contributed by atoms with Crippen LogP contribution >= 0.6 is 0 Å². The van der Waals surface area contributed by atoms with E-state index in [0.717, 1.165) is 11.1 Å². The van der Waals surface area contributed by atoms with Gasteiger partial charge in [-0.2, -0.15) is 26.3 Å². The number of β-amino-alcohol motifs (C(OH)–C–C–N with tert-alkyl or cyclic N) is 1. The lowest BCUT2D eigenvalue weighted by Crippen LogP contribution is -2.53. The molecule has 12 heteroatoms. The summed E-state index contributed by atoms with van der Waals surface area (Å²) in [6, 6.07) is 8.54. The first-order valence-corrected chi connectivity index (χ1v) is 12.9. The van der Waals surface area contributed by atoms with E-state index in [1.54, 1.807) is 0 Å². The molecule has 2 aliphatic heterocycles. The number of aliphatic hydroxyl groups is 1. The van der Waals surface area contributed by atoms with Crippen LogP contribution in [0.1, 0.15) is 47.6 Å². The molecule has 2 aromatic rings.